The van der Waals surface area contributed by atoms with Crippen LogP contribution < -0.4 is 11.1 Å². The zero-order valence-electron chi connectivity index (χ0n) is 9.93. The number of nitrogens with one attached hydrogen (secondary N) is 1. The van der Waals surface area contributed by atoms with Crippen LogP contribution in [0.1, 0.15) is 4.88 Å². The second-order valence-electron chi connectivity index (χ2n) is 4.01. The van der Waals surface area contributed by atoms with E-state index in [9.17, 15) is 0 Å². The van der Waals surface area contributed by atoms with Crippen LogP contribution in [0.3, 0.4) is 0 Å². The minimum absolute atomic E-state index is 0.286. The fraction of sp³-hybridized carbons (Fsp3) is 0.0769. The summed E-state index contributed by atoms with van der Waals surface area (Å²) in [6, 6.07) is 11.9. The summed E-state index contributed by atoms with van der Waals surface area (Å²) in [7, 11) is 0. The second kappa shape index (κ2) is 5.14. The molecule has 0 atom stereocenters. The number of hydrogen-bond acceptors (Lipinski definition) is 5. The quantitative estimate of drug-likeness (QED) is 0.767. The van der Waals surface area contributed by atoms with Crippen LogP contribution in [0.5, 0.6) is 0 Å². The lowest BCUT2D eigenvalue weighted by Crippen LogP contribution is -2.04. The predicted octanol–water partition coefficient (Wildman–Crippen LogP) is 3.65. The summed E-state index contributed by atoms with van der Waals surface area (Å²) in [5.41, 5.74) is 6.58. The topological polar surface area (TPSA) is 63.8 Å². The van der Waals surface area contributed by atoms with Crippen LogP contribution in [-0.4, -0.2) is 9.97 Å². The molecule has 0 radical (unpaired) electrons. The Morgan fingerprint density at radius 2 is 2.00 bits per heavy atom. The highest BCUT2D eigenvalue weighted by molar-refractivity contribution is 9.11. The van der Waals surface area contributed by atoms with E-state index in [0.717, 1.165) is 27.1 Å². The highest BCUT2D eigenvalue weighted by Crippen LogP contribution is 2.25. The minimum Gasteiger partial charge on any atom is -0.368 e. The number of aromatic nitrogens is 2. The number of para-hydroxylation sites is 1. The molecular weight excluding hydrogens is 324 g/mol. The fourth-order valence-corrected chi connectivity index (χ4v) is 3.27. The first-order valence-corrected chi connectivity index (χ1v) is 7.33. The van der Waals surface area contributed by atoms with Crippen LogP contribution in [0, 0.1) is 0 Å². The molecule has 0 amide bonds. The van der Waals surface area contributed by atoms with E-state index >= 15 is 0 Å². The van der Waals surface area contributed by atoms with Crippen LogP contribution in [0.15, 0.2) is 40.2 Å². The van der Waals surface area contributed by atoms with Gasteiger partial charge in [-0.2, -0.15) is 4.98 Å². The molecule has 96 valence electrons. The van der Waals surface area contributed by atoms with Gasteiger partial charge in [-0.15, -0.1) is 11.3 Å². The maximum atomic E-state index is 5.73. The lowest BCUT2D eigenvalue weighted by Gasteiger charge is -2.08. The molecule has 0 spiro atoms. The van der Waals surface area contributed by atoms with E-state index < -0.39 is 0 Å². The number of nitrogen functional groups attached to an aromatic ring is 1. The van der Waals surface area contributed by atoms with Gasteiger partial charge < -0.3 is 11.1 Å². The Labute approximate surface area is 122 Å². The Balaban J connectivity index is 1.91. The first-order chi connectivity index (χ1) is 9.22. The van der Waals surface area contributed by atoms with E-state index in [4.69, 9.17) is 5.73 Å². The standard InChI is InChI=1S/C13H11BrN4S/c14-11-6-5-8(19-11)7-16-12-9-3-1-2-4-10(9)17-13(15)18-12/h1-6H,7H2,(H3,15,16,17,18). The number of fused-ring (bicyclic) bond motifs is 1. The summed E-state index contributed by atoms with van der Waals surface area (Å²) in [4.78, 5) is 9.72. The number of nitrogens with zero attached hydrogens (tertiary/aromatic N) is 2. The number of hydrogen-bond donors (Lipinski definition) is 2. The van der Waals surface area contributed by atoms with Crippen molar-refractivity contribution in [2.24, 2.45) is 0 Å². The fourth-order valence-electron chi connectivity index (χ4n) is 1.85. The summed E-state index contributed by atoms with van der Waals surface area (Å²) >= 11 is 5.15. The van der Waals surface area contributed by atoms with Crippen molar-refractivity contribution in [2.45, 2.75) is 6.54 Å². The first-order valence-electron chi connectivity index (χ1n) is 5.73. The van der Waals surface area contributed by atoms with E-state index in [1.165, 1.54) is 4.88 Å². The highest BCUT2D eigenvalue weighted by Gasteiger charge is 2.06. The largest absolute Gasteiger partial charge is 0.368 e. The summed E-state index contributed by atoms with van der Waals surface area (Å²) < 4.78 is 1.12. The van der Waals surface area contributed by atoms with E-state index in [1.54, 1.807) is 11.3 Å². The smallest absolute Gasteiger partial charge is 0.222 e. The molecule has 2 aromatic heterocycles. The van der Waals surface area contributed by atoms with Gasteiger partial charge in [-0.1, -0.05) is 12.1 Å². The normalized spacial score (nSPS) is 10.8. The molecule has 3 rings (SSSR count). The SMILES string of the molecule is Nc1nc(NCc2ccc(Br)s2)c2ccccc2n1. The van der Waals surface area contributed by atoms with Crippen LogP contribution in [-0.2, 0) is 6.54 Å². The Hall–Kier alpha value is -1.66. The molecule has 0 saturated carbocycles. The summed E-state index contributed by atoms with van der Waals surface area (Å²) in [5.74, 6) is 1.06. The summed E-state index contributed by atoms with van der Waals surface area (Å²) in [6.45, 7) is 0.719. The molecule has 1 aromatic carbocycles. The molecule has 19 heavy (non-hydrogen) atoms. The molecule has 3 N–H and O–H groups in total. The van der Waals surface area contributed by atoms with Gasteiger partial charge in [0.1, 0.15) is 5.82 Å². The molecule has 0 aliphatic rings. The third kappa shape index (κ3) is 2.69. The average molecular weight is 335 g/mol. The third-order valence-electron chi connectivity index (χ3n) is 2.68. The van der Waals surface area contributed by atoms with Crippen molar-refractivity contribution in [1.29, 1.82) is 0 Å². The van der Waals surface area contributed by atoms with Gasteiger partial charge in [0.05, 0.1) is 15.8 Å². The first kappa shape index (κ1) is 12.4. The Morgan fingerprint density at radius 1 is 1.16 bits per heavy atom. The van der Waals surface area contributed by atoms with Gasteiger partial charge in [-0.25, -0.2) is 4.98 Å². The van der Waals surface area contributed by atoms with E-state index in [1.807, 2.05) is 30.3 Å². The summed E-state index contributed by atoms with van der Waals surface area (Å²) in [5, 5.41) is 4.30. The molecule has 0 aliphatic carbocycles. The zero-order valence-corrected chi connectivity index (χ0v) is 12.3. The van der Waals surface area contributed by atoms with Crippen molar-refractivity contribution < 1.29 is 0 Å². The Morgan fingerprint density at radius 3 is 2.79 bits per heavy atom. The number of thiophene rings is 1. The van der Waals surface area contributed by atoms with Gasteiger partial charge >= 0.3 is 0 Å². The van der Waals surface area contributed by atoms with Gasteiger partial charge in [0, 0.05) is 10.3 Å². The zero-order chi connectivity index (χ0) is 13.2. The molecule has 0 bridgehead atoms. The molecular formula is C13H11BrN4S. The lowest BCUT2D eigenvalue weighted by atomic mass is 10.2. The van der Waals surface area contributed by atoms with Gasteiger partial charge in [0.15, 0.2) is 0 Å². The van der Waals surface area contributed by atoms with Crippen molar-refractivity contribution in [3.05, 3.63) is 45.1 Å². The molecule has 0 saturated heterocycles. The van der Waals surface area contributed by atoms with Gasteiger partial charge in [0.2, 0.25) is 5.95 Å². The van der Waals surface area contributed by atoms with E-state index in [2.05, 4.69) is 37.3 Å². The van der Waals surface area contributed by atoms with Crippen molar-refractivity contribution in [3.63, 3.8) is 0 Å². The van der Waals surface area contributed by atoms with Crippen LogP contribution in [0.25, 0.3) is 10.9 Å². The average Bonchev–Trinajstić information content (AvgIpc) is 2.81. The van der Waals surface area contributed by atoms with Crippen molar-refractivity contribution >= 4 is 49.9 Å². The molecule has 2 heterocycles. The van der Waals surface area contributed by atoms with Gasteiger partial charge in [-0.3, -0.25) is 0 Å². The number of nitrogens with two attached hydrogens (primary N) is 1. The maximum absolute atomic E-state index is 5.73. The molecule has 0 fully saturated rings. The number of halogens is 1. The summed E-state index contributed by atoms with van der Waals surface area (Å²) in [6.07, 6.45) is 0. The molecule has 0 aliphatic heterocycles. The predicted molar refractivity (Wildman–Crippen MR) is 83.3 cm³/mol. The number of benzene rings is 1. The lowest BCUT2D eigenvalue weighted by molar-refractivity contribution is 1.13. The third-order valence-corrected chi connectivity index (χ3v) is 4.30. The minimum atomic E-state index is 0.286. The number of anilines is 2. The van der Waals surface area contributed by atoms with Gasteiger partial charge in [-0.05, 0) is 40.2 Å². The molecule has 3 aromatic rings. The van der Waals surface area contributed by atoms with Crippen molar-refractivity contribution in [1.82, 2.24) is 9.97 Å². The molecule has 0 unspecified atom stereocenters. The van der Waals surface area contributed by atoms with Crippen molar-refractivity contribution in [2.75, 3.05) is 11.1 Å². The monoisotopic (exact) mass is 334 g/mol. The Bertz CT molecular complexity index is 725. The number of rotatable bonds is 3. The van der Waals surface area contributed by atoms with E-state index in [0.29, 0.717) is 0 Å². The molecule has 6 heteroatoms. The van der Waals surface area contributed by atoms with Crippen LogP contribution in [0.4, 0.5) is 11.8 Å². The van der Waals surface area contributed by atoms with E-state index in [-0.39, 0.29) is 5.95 Å². The van der Waals surface area contributed by atoms with Crippen LogP contribution in [0.2, 0.25) is 0 Å². The van der Waals surface area contributed by atoms with Gasteiger partial charge in [0.25, 0.3) is 0 Å². The van der Waals surface area contributed by atoms with Crippen LogP contribution >= 0.6 is 27.3 Å². The second-order valence-corrected chi connectivity index (χ2v) is 6.55. The molecule has 4 nitrogen and oxygen atoms in total. The maximum Gasteiger partial charge on any atom is 0.222 e. The Kier molecular flexibility index (Phi) is 3.35. The highest BCUT2D eigenvalue weighted by atomic mass is 79.9. The van der Waals surface area contributed by atoms with Crippen molar-refractivity contribution in [3.8, 4) is 0 Å².